The highest BCUT2D eigenvalue weighted by atomic mass is 32.5. The van der Waals surface area contributed by atoms with Crippen molar-refractivity contribution in [2.24, 2.45) is 0 Å². The average Bonchev–Trinajstić information content (AvgIpc) is 3.20. The molecule has 0 unspecified atom stereocenters. The van der Waals surface area contributed by atoms with Crippen molar-refractivity contribution in [3.05, 3.63) is 53.5 Å². The summed E-state index contributed by atoms with van der Waals surface area (Å²) < 4.78 is 70.4. The van der Waals surface area contributed by atoms with Crippen LogP contribution in [0.25, 0.3) is 11.2 Å². The van der Waals surface area contributed by atoms with E-state index in [-0.39, 0.29) is 34.6 Å². The van der Waals surface area contributed by atoms with E-state index in [1.54, 1.807) is 18.2 Å². The number of imidazole rings is 1. The highest BCUT2D eigenvalue weighted by molar-refractivity contribution is 8.45. The van der Waals surface area contributed by atoms with Gasteiger partial charge in [-0.15, -0.1) is 0 Å². The van der Waals surface area contributed by atoms with Gasteiger partial charge in [0.15, 0.2) is 5.65 Å². The molecule has 0 atom stereocenters. The van der Waals surface area contributed by atoms with Gasteiger partial charge in [-0.1, -0.05) is 19.4 Å². The molecule has 0 radical (unpaired) electrons. The van der Waals surface area contributed by atoms with Crippen LogP contribution in [-0.4, -0.2) is 51.6 Å². The van der Waals surface area contributed by atoms with Gasteiger partial charge < -0.3 is 14.6 Å². The molecule has 1 amide bonds. The second-order valence-electron chi connectivity index (χ2n) is 10.4. The Morgan fingerprint density at radius 1 is 1.06 bits per heavy atom. The summed E-state index contributed by atoms with van der Waals surface area (Å²) in [6.45, 7) is 0.801. The van der Waals surface area contributed by atoms with Crippen LogP contribution in [0, 0.1) is 0 Å². The molecule has 4 fully saturated rings. The topological polar surface area (TPSA) is 71.1 Å². The molecule has 12 heteroatoms. The van der Waals surface area contributed by atoms with Crippen molar-refractivity contribution < 1.29 is 29.0 Å². The number of methoxy groups -OCH3 is 1. The number of piperidine rings is 1. The summed E-state index contributed by atoms with van der Waals surface area (Å²) in [5, 5.41) is 0. The molecule has 3 saturated carbocycles. The number of nitrogens with one attached hydrogen (secondary N) is 1. The van der Waals surface area contributed by atoms with Gasteiger partial charge in [-0.05, 0) is 73.9 Å². The molecule has 3 aromatic rings. The number of rotatable bonds is 5. The van der Waals surface area contributed by atoms with E-state index < -0.39 is 21.0 Å². The predicted molar refractivity (Wildman–Crippen MR) is 125 cm³/mol. The Labute approximate surface area is 204 Å². The molecule has 2 bridgehead atoms. The molecule has 4 aliphatic rings. The SMILES string of the molecule is COC12CC(c3nc4nccc(C5CCN(C(=O)c6ccc(S(F)(F)(F)(F)F)cc6)CC5)c4[nH]3)(C1)C2. The first-order chi connectivity index (χ1) is 16.7. The number of halogens is 5. The van der Waals surface area contributed by atoms with E-state index in [1.165, 1.54) is 0 Å². The minimum atomic E-state index is -9.77. The first-order valence-electron chi connectivity index (χ1n) is 11.7. The molecule has 6 nitrogen and oxygen atoms in total. The van der Waals surface area contributed by atoms with Crippen LogP contribution in [-0.2, 0) is 10.2 Å². The molecular formula is C24H25F5N4O2S. The van der Waals surface area contributed by atoms with E-state index in [2.05, 4.69) is 9.97 Å². The van der Waals surface area contributed by atoms with Crippen molar-refractivity contribution in [3.63, 3.8) is 0 Å². The number of hydrogen-bond acceptors (Lipinski definition) is 4. The largest absolute Gasteiger partial charge is 0.378 e. The summed E-state index contributed by atoms with van der Waals surface area (Å²) in [6.07, 6.45) is 5.90. The van der Waals surface area contributed by atoms with E-state index in [0.717, 1.165) is 48.3 Å². The van der Waals surface area contributed by atoms with Crippen LogP contribution in [0.1, 0.15) is 59.8 Å². The lowest BCUT2D eigenvalue weighted by molar-refractivity contribution is -0.234. The lowest BCUT2D eigenvalue weighted by Crippen LogP contribution is -2.70. The maximum Gasteiger partial charge on any atom is 0.310 e. The molecular weight excluding hydrogens is 503 g/mol. The minimum absolute atomic E-state index is 0.00386. The van der Waals surface area contributed by atoms with Crippen LogP contribution in [0.2, 0.25) is 0 Å². The van der Waals surface area contributed by atoms with Gasteiger partial charge in [0.05, 0.1) is 11.1 Å². The molecule has 7 rings (SSSR count). The molecule has 2 aromatic heterocycles. The van der Waals surface area contributed by atoms with Gasteiger partial charge >= 0.3 is 10.2 Å². The van der Waals surface area contributed by atoms with Crippen molar-refractivity contribution in [3.8, 4) is 0 Å². The van der Waals surface area contributed by atoms with Crippen molar-refractivity contribution in [1.29, 1.82) is 0 Å². The maximum absolute atomic E-state index is 13.0. The Balaban J connectivity index is 1.15. The smallest absolute Gasteiger partial charge is 0.310 e. The zero-order chi connectivity index (χ0) is 25.6. The summed E-state index contributed by atoms with van der Waals surface area (Å²) in [5.74, 6) is 0.627. The lowest BCUT2D eigenvalue weighted by atomic mass is 9.41. The third-order valence-electron chi connectivity index (χ3n) is 8.11. The van der Waals surface area contributed by atoms with Crippen LogP contribution >= 0.6 is 10.2 Å². The van der Waals surface area contributed by atoms with Crippen LogP contribution in [0.4, 0.5) is 19.4 Å². The first-order valence-corrected chi connectivity index (χ1v) is 13.7. The number of carbonyl (C=O) groups is 1. The summed E-state index contributed by atoms with van der Waals surface area (Å²) in [5.41, 5.74) is 2.65. The summed E-state index contributed by atoms with van der Waals surface area (Å²) in [4.78, 5) is 25.1. The van der Waals surface area contributed by atoms with Crippen molar-refractivity contribution in [1.82, 2.24) is 19.9 Å². The molecule has 3 heterocycles. The number of hydrogen-bond donors (Lipinski definition) is 1. The van der Waals surface area contributed by atoms with E-state index in [1.807, 2.05) is 6.07 Å². The second kappa shape index (κ2) is 6.77. The molecule has 1 aromatic carbocycles. The number of ether oxygens (including phenoxy) is 1. The van der Waals surface area contributed by atoms with Gasteiger partial charge in [-0.3, -0.25) is 4.79 Å². The van der Waals surface area contributed by atoms with Crippen LogP contribution in [0.5, 0.6) is 0 Å². The van der Waals surface area contributed by atoms with E-state index >= 15 is 0 Å². The van der Waals surface area contributed by atoms with Gasteiger partial charge in [0.2, 0.25) is 0 Å². The van der Waals surface area contributed by atoms with E-state index in [4.69, 9.17) is 9.72 Å². The summed E-state index contributed by atoms with van der Waals surface area (Å²) >= 11 is 0. The number of amides is 1. The van der Waals surface area contributed by atoms with Gasteiger partial charge in [0, 0.05) is 37.4 Å². The fourth-order valence-electron chi connectivity index (χ4n) is 6.11. The molecule has 1 saturated heterocycles. The fourth-order valence-corrected chi connectivity index (χ4v) is 6.77. The average molecular weight is 529 g/mol. The molecule has 1 aliphatic heterocycles. The van der Waals surface area contributed by atoms with E-state index in [9.17, 15) is 24.2 Å². The number of likely N-dealkylation sites (tertiary alicyclic amines) is 1. The zero-order valence-electron chi connectivity index (χ0n) is 19.4. The summed E-state index contributed by atoms with van der Waals surface area (Å²) in [7, 11) is -8.02. The zero-order valence-corrected chi connectivity index (χ0v) is 20.3. The fraction of sp³-hybridized carbons (Fsp3) is 0.458. The number of fused-ring (bicyclic) bond motifs is 1. The number of pyridine rings is 1. The highest BCUT2D eigenvalue weighted by Crippen LogP contribution is 3.02. The molecule has 0 spiro atoms. The normalized spacial score (nSPS) is 28.2. The Kier molecular flexibility index (Phi) is 4.45. The van der Waals surface area contributed by atoms with Gasteiger partial charge in [-0.2, -0.15) is 0 Å². The number of benzene rings is 1. The first kappa shape index (κ1) is 23.7. The van der Waals surface area contributed by atoms with Crippen molar-refractivity contribution >= 4 is 27.3 Å². The van der Waals surface area contributed by atoms with Crippen LogP contribution in [0.15, 0.2) is 41.4 Å². The second-order valence-corrected chi connectivity index (χ2v) is 12.9. The lowest BCUT2D eigenvalue weighted by Gasteiger charge is -2.68. The van der Waals surface area contributed by atoms with Gasteiger partial charge in [0.1, 0.15) is 10.7 Å². The summed E-state index contributed by atoms with van der Waals surface area (Å²) in [6, 6.07) is 4.16. The van der Waals surface area contributed by atoms with Crippen molar-refractivity contribution in [2.45, 2.75) is 53.9 Å². The van der Waals surface area contributed by atoms with Gasteiger partial charge in [0.25, 0.3) is 5.91 Å². The molecule has 1 N–H and O–H groups in total. The van der Waals surface area contributed by atoms with Crippen LogP contribution in [0.3, 0.4) is 0 Å². The number of carbonyl (C=O) groups excluding carboxylic acids is 1. The quantitative estimate of drug-likeness (QED) is 0.386. The third-order valence-corrected chi connectivity index (χ3v) is 9.27. The molecule has 194 valence electrons. The standard InChI is InChI=1S/C24H25F5N4O2S/c1-35-24-12-23(13-24,14-24)22-31-19-18(6-9-30-20(19)32-22)15-7-10-33(11-8-15)21(34)16-2-4-17(5-3-16)36(25,26,27,28)29/h2-6,9,15H,7-8,10-14H2,1H3,(H,30,31,32). The number of aromatic nitrogens is 3. The third kappa shape index (κ3) is 3.68. The maximum atomic E-state index is 13.0. The molecule has 36 heavy (non-hydrogen) atoms. The Hall–Kier alpha value is -2.73. The van der Waals surface area contributed by atoms with Gasteiger partial charge in [-0.25, -0.2) is 9.97 Å². The number of H-pyrrole nitrogens is 1. The Bertz CT molecular complexity index is 1360. The number of aromatic amines is 1. The monoisotopic (exact) mass is 528 g/mol. The van der Waals surface area contributed by atoms with E-state index in [0.29, 0.717) is 31.6 Å². The van der Waals surface area contributed by atoms with Crippen LogP contribution < -0.4 is 0 Å². The Morgan fingerprint density at radius 2 is 1.69 bits per heavy atom. The van der Waals surface area contributed by atoms with Crippen molar-refractivity contribution in [2.75, 3.05) is 20.2 Å². The Morgan fingerprint density at radius 3 is 2.28 bits per heavy atom. The number of nitrogens with zero attached hydrogens (tertiary/aromatic N) is 3. The predicted octanol–water partition coefficient (Wildman–Crippen LogP) is 6.46. The molecule has 3 aliphatic carbocycles. The minimum Gasteiger partial charge on any atom is -0.378 e. The highest BCUT2D eigenvalue weighted by Gasteiger charge is 2.70.